The molecule has 0 spiro atoms. The SMILES string of the molecule is Cn1cnnc1CNC1CCCNC1. The lowest BCUT2D eigenvalue weighted by atomic mass is 10.1. The number of piperidine rings is 1. The van der Waals surface area contributed by atoms with Crippen LogP contribution < -0.4 is 10.6 Å². The van der Waals surface area contributed by atoms with Gasteiger partial charge in [0, 0.05) is 19.6 Å². The summed E-state index contributed by atoms with van der Waals surface area (Å²) in [6.45, 7) is 3.03. The largest absolute Gasteiger partial charge is 0.320 e. The topological polar surface area (TPSA) is 54.8 Å². The first-order valence-electron chi connectivity index (χ1n) is 5.13. The molecule has 1 fully saturated rings. The fraction of sp³-hybridized carbons (Fsp3) is 0.778. The summed E-state index contributed by atoms with van der Waals surface area (Å²) in [5.74, 6) is 0.996. The number of aryl methyl sites for hydroxylation is 1. The van der Waals surface area contributed by atoms with Crippen LogP contribution in [0.2, 0.25) is 0 Å². The average Bonchev–Trinajstić information content (AvgIpc) is 2.63. The van der Waals surface area contributed by atoms with Gasteiger partial charge in [-0.2, -0.15) is 0 Å². The van der Waals surface area contributed by atoms with E-state index in [9.17, 15) is 0 Å². The third-order valence-corrected chi connectivity index (χ3v) is 2.65. The minimum Gasteiger partial charge on any atom is -0.320 e. The van der Waals surface area contributed by atoms with E-state index in [1.165, 1.54) is 12.8 Å². The monoisotopic (exact) mass is 195 g/mol. The summed E-state index contributed by atoms with van der Waals surface area (Å²) in [5.41, 5.74) is 0. The van der Waals surface area contributed by atoms with Crippen LogP contribution in [0.4, 0.5) is 0 Å². The van der Waals surface area contributed by atoms with Gasteiger partial charge in [0.2, 0.25) is 0 Å². The van der Waals surface area contributed by atoms with Gasteiger partial charge in [0.15, 0.2) is 0 Å². The number of hydrogen-bond acceptors (Lipinski definition) is 4. The molecule has 0 amide bonds. The van der Waals surface area contributed by atoms with Gasteiger partial charge in [0.1, 0.15) is 12.2 Å². The number of nitrogens with zero attached hydrogens (tertiary/aromatic N) is 3. The standard InChI is InChI=1S/C9H17N5/c1-14-7-12-13-9(14)6-11-8-3-2-4-10-5-8/h7-8,10-11H,2-6H2,1H3. The van der Waals surface area contributed by atoms with Gasteiger partial charge in [0.25, 0.3) is 0 Å². The molecule has 1 aromatic rings. The Kier molecular flexibility index (Phi) is 3.10. The van der Waals surface area contributed by atoms with Crippen molar-refractivity contribution in [3.05, 3.63) is 12.2 Å². The van der Waals surface area contributed by atoms with E-state index < -0.39 is 0 Å². The Morgan fingerprint density at radius 2 is 2.64 bits per heavy atom. The molecule has 2 heterocycles. The molecule has 2 rings (SSSR count). The van der Waals surface area contributed by atoms with Crippen molar-refractivity contribution < 1.29 is 0 Å². The lowest BCUT2D eigenvalue weighted by molar-refractivity contribution is 0.384. The van der Waals surface area contributed by atoms with Crippen molar-refractivity contribution >= 4 is 0 Å². The number of aromatic nitrogens is 3. The van der Waals surface area contributed by atoms with E-state index in [2.05, 4.69) is 20.8 Å². The van der Waals surface area contributed by atoms with Crippen molar-refractivity contribution in [2.24, 2.45) is 7.05 Å². The van der Waals surface area contributed by atoms with Crippen molar-refractivity contribution in [2.75, 3.05) is 13.1 Å². The van der Waals surface area contributed by atoms with Gasteiger partial charge >= 0.3 is 0 Å². The third-order valence-electron chi connectivity index (χ3n) is 2.65. The van der Waals surface area contributed by atoms with E-state index in [1.54, 1.807) is 6.33 Å². The molecule has 14 heavy (non-hydrogen) atoms. The van der Waals surface area contributed by atoms with Crippen molar-refractivity contribution in [2.45, 2.75) is 25.4 Å². The quantitative estimate of drug-likeness (QED) is 0.692. The maximum Gasteiger partial charge on any atom is 0.146 e. The van der Waals surface area contributed by atoms with E-state index >= 15 is 0 Å². The maximum atomic E-state index is 4.03. The third kappa shape index (κ3) is 2.30. The number of hydrogen-bond donors (Lipinski definition) is 2. The molecule has 5 nitrogen and oxygen atoms in total. The molecule has 2 N–H and O–H groups in total. The molecule has 1 saturated heterocycles. The van der Waals surface area contributed by atoms with Crippen LogP contribution in [0.5, 0.6) is 0 Å². The molecule has 78 valence electrons. The van der Waals surface area contributed by atoms with Gasteiger partial charge in [-0.25, -0.2) is 0 Å². The summed E-state index contributed by atoms with van der Waals surface area (Å²) in [5, 5.41) is 14.7. The van der Waals surface area contributed by atoms with Crippen molar-refractivity contribution in [3.63, 3.8) is 0 Å². The van der Waals surface area contributed by atoms with Crippen LogP contribution >= 0.6 is 0 Å². The van der Waals surface area contributed by atoms with Gasteiger partial charge in [-0.1, -0.05) is 0 Å². The van der Waals surface area contributed by atoms with Gasteiger partial charge < -0.3 is 15.2 Å². The molecule has 5 heteroatoms. The Hall–Kier alpha value is -0.940. The number of rotatable bonds is 3. The molecule has 0 radical (unpaired) electrons. The van der Waals surface area contributed by atoms with Gasteiger partial charge in [-0.3, -0.25) is 0 Å². The zero-order valence-corrected chi connectivity index (χ0v) is 8.53. The minimum atomic E-state index is 0.584. The second kappa shape index (κ2) is 4.52. The van der Waals surface area contributed by atoms with Crippen molar-refractivity contribution in [1.82, 2.24) is 25.4 Å². The normalized spacial score (nSPS) is 22.5. The lowest BCUT2D eigenvalue weighted by Crippen LogP contribution is -2.42. The molecule has 1 unspecified atom stereocenters. The Balaban J connectivity index is 1.79. The molecule has 1 aliphatic heterocycles. The summed E-state index contributed by atoms with van der Waals surface area (Å²) < 4.78 is 1.95. The first kappa shape index (κ1) is 9.61. The van der Waals surface area contributed by atoms with Crippen molar-refractivity contribution in [1.29, 1.82) is 0 Å². The van der Waals surface area contributed by atoms with Gasteiger partial charge in [-0.05, 0) is 19.4 Å². The lowest BCUT2D eigenvalue weighted by Gasteiger charge is -2.23. The highest BCUT2D eigenvalue weighted by Crippen LogP contribution is 2.02. The Labute approximate surface area is 83.9 Å². The molecular weight excluding hydrogens is 178 g/mol. The zero-order valence-electron chi connectivity index (χ0n) is 8.53. The van der Waals surface area contributed by atoms with Crippen molar-refractivity contribution in [3.8, 4) is 0 Å². The second-order valence-electron chi connectivity index (χ2n) is 3.78. The van der Waals surface area contributed by atoms with Crippen LogP contribution in [-0.2, 0) is 13.6 Å². The highest BCUT2D eigenvalue weighted by molar-refractivity contribution is 4.85. The zero-order chi connectivity index (χ0) is 9.80. The highest BCUT2D eigenvalue weighted by atomic mass is 15.3. The smallest absolute Gasteiger partial charge is 0.146 e. The Morgan fingerprint density at radius 1 is 1.71 bits per heavy atom. The molecule has 0 bridgehead atoms. The van der Waals surface area contributed by atoms with E-state index in [0.717, 1.165) is 25.5 Å². The predicted molar refractivity (Wildman–Crippen MR) is 53.7 cm³/mol. The van der Waals surface area contributed by atoms with Crippen LogP contribution in [-0.4, -0.2) is 33.9 Å². The van der Waals surface area contributed by atoms with Crippen LogP contribution in [0.25, 0.3) is 0 Å². The van der Waals surface area contributed by atoms with E-state index in [4.69, 9.17) is 0 Å². The Morgan fingerprint density at radius 3 is 3.29 bits per heavy atom. The fourth-order valence-electron chi connectivity index (χ4n) is 1.73. The fourth-order valence-corrected chi connectivity index (χ4v) is 1.73. The minimum absolute atomic E-state index is 0.584. The molecule has 1 aliphatic rings. The average molecular weight is 195 g/mol. The van der Waals surface area contributed by atoms with Gasteiger partial charge in [0.05, 0.1) is 6.54 Å². The molecular formula is C9H17N5. The van der Waals surface area contributed by atoms with Gasteiger partial charge in [-0.15, -0.1) is 10.2 Å². The molecule has 0 aliphatic carbocycles. The second-order valence-corrected chi connectivity index (χ2v) is 3.78. The van der Waals surface area contributed by atoms with E-state index in [1.807, 2.05) is 11.6 Å². The molecule has 1 aromatic heterocycles. The summed E-state index contributed by atoms with van der Waals surface area (Å²) in [4.78, 5) is 0. The first-order chi connectivity index (χ1) is 6.86. The van der Waals surface area contributed by atoms with Crippen LogP contribution in [0, 0.1) is 0 Å². The summed E-state index contributed by atoms with van der Waals surface area (Å²) in [6, 6.07) is 0.584. The van der Waals surface area contributed by atoms with E-state index in [0.29, 0.717) is 6.04 Å². The van der Waals surface area contributed by atoms with Crippen LogP contribution in [0.15, 0.2) is 6.33 Å². The van der Waals surface area contributed by atoms with E-state index in [-0.39, 0.29) is 0 Å². The predicted octanol–water partition coefficient (Wildman–Crippen LogP) is -0.343. The highest BCUT2D eigenvalue weighted by Gasteiger charge is 2.12. The maximum absolute atomic E-state index is 4.03. The molecule has 1 atom stereocenters. The van der Waals surface area contributed by atoms with Crippen LogP contribution in [0.1, 0.15) is 18.7 Å². The molecule has 0 saturated carbocycles. The molecule has 0 aromatic carbocycles. The Bertz CT molecular complexity index is 276. The summed E-state index contributed by atoms with van der Waals surface area (Å²) in [7, 11) is 1.97. The summed E-state index contributed by atoms with van der Waals surface area (Å²) >= 11 is 0. The van der Waals surface area contributed by atoms with Crippen LogP contribution in [0.3, 0.4) is 0 Å². The summed E-state index contributed by atoms with van der Waals surface area (Å²) in [6.07, 6.45) is 4.25. The number of nitrogens with one attached hydrogen (secondary N) is 2. The first-order valence-corrected chi connectivity index (χ1v) is 5.13.